The fourth-order valence-electron chi connectivity index (χ4n) is 7.46. The molecule has 8 nitrogen and oxygen atoms in total. The Balaban J connectivity index is 0.919. The van der Waals surface area contributed by atoms with E-state index in [2.05, 4.69) is 41.7 Å². The summed E-state index contributed by atoms with van der Waals surface area (Å²) in [7, 11) is -3.59. The molecule has 0 bridgehead atoms. The molecule has 1 aliphatic heterocycles. The molecule has 0 aromatic heterocycles. The van der Waals surface area contributed by atoms with Gasteiger partial charge >= 0.3 is 0 Å². The first kappa shape index (κ1) is 31.6. The number of piperidine rings is 1. The Morgan fingerprint density at radius 3 is 2.24 bits per heavy atom. The number of hydrogen-bond donors (Lipinski definition) is 3. The maximum atomic E-state index is 13.3. The second kappa shape index (κ2) is 13.1. The van der Waals surface area contributed by atoms with Crippen LogP contribution in [0.15, 0.2) is 71.6 Å². The van der Waals surface area contributed by atoms with Crippen LogP contribution in [0.4, 0.5) is 0 Å². The predicted octanol–water partition coefficient (Wildman–Crippen LogP) is 4.87. The minimum Gasteiger partial charge on any atom is -0.507 e. The standard InChI is InChI=1S/C36H44N2O6S/c1-45(42,43)34-20-32(14-15-33(34)40)44-24-31(39)23-37-30-12-10-26(11-13-30)25-6-8-27(9-7-25)35(41)38-18-16-36(17-19-38)21-28-4-2-3-5-29(28)22-36/h2-9,14-15,20,26,30-31,37,39-40H,10-13,16-19,21-24H2,1H3/t26?,30?,31-/m1/s1. The molecule has 3 N–H and O–H groups in total. The van der Waals surface area contributed by atoms with Crippen LogP contribution in [0.1, 0.15) is 71.5 Å². The van der Waals surface area contributed by atoms with E-state index in [9.17, 15) is 23.4 Å². The van der Waals surface area contributed by atoms with E-state index >= 15 is 0 Å². The third kappa shape index (κ3) is 7.37. The first-order valence-corrected chi connectivity index (χ1v) is 18.0. The molecule has 0 unspecified atom stereocenters. The number of amides is 1. The summed E-state index contributed by atoms with van der Waals surface area (Å²) in [4.78, 5) is 15.2. The molecule has 3 aromatic carbocycles. The number of benzene rings is 3. The van der Waals surface area contributed by atoms with Gasteiger partial charge in [-0.05, 0) is 104 Å². The van der Waals surface area contributed by atoms with Crippen molar-refractivity contribution in [2.75, 3.05) is 32.5 Å². The third-order valence-electron chi connectivity index (χ3n) is 10.1. The van der Waals surface area contributed by atoms with Crippen molar-refractivity contribution in [1.82, 2.24) is 10.2 Å². The second-order valence-electron chi connectivity index (χ2n) is 13.4. The van der Waals surface area contributed by atoms with E-state index in [4.69, 9.17) is 4.74 Å². The number of phenols is 1. The molecule has 3 aromatic rings. The summed E-state index contributed by atoms with van der Waals surface area (Å²) in [6.07, 6.45) is 8.74. The lowest BCUT2D eigenvalue weighted by Gasteiger charge is -2.39. The molecule has 1 heterocycles. The number of nitrogens with zero attached hydrogens (tertiary/aromatic N) is 1. The van der Waals surface area contributed by atoms with Crippen molar-refractivity contribution in [2.24, 2.45) is 5.41 Å². The minimum absolute atomic E-state index is 0.00789. The van der Waals surface area contributed by atoms with Gasteiger partial charge in [0, 0.05) is 43.6 Å². The Morgan fingerprint density at radius 2 is 1.62 bits per heavy atom. The van der Waals surface area contributed by atoms with E-state index in [0.717, 1.165) is 76.3 Å². The van der Waals surface area contributed by atoms with Gasteiger partial charge in [-0.3, -0.25) is 4.79 Å². The van der Waals surface area contributed by atoms with Crippen molar-refractivity contribution in [3.63, 3.8) is 0 Å². The minimum atomic E-state index is -3.59. The van der Waals surface area contributed by atoms with Gasteiger partial charge in [0.25, 0.3) is 5.91 Å². The van der Waals surface area contributed by atoms with Crippen LogP contribution in [-0.2, 0) is 22.7 Å². The fraction of sp³-hybridized carbons (Fsp3) is 0.472. The summed E-state index contributed by atoms with van der Waals surface area (Å²) in [5.41, 5.74) is 5.35. The van der Waals surface area contributed by atoms with Crippen molar-refractivity contribution in [3.05, 3.63) is 89.0 Å². The third-order valence-corrected chi connectivity index (χ3v) is 11.3. The molecule has 9 heteroatoms. The molecule has 3 aliphatic rings. The second-order valence-corrected chi connectivity index (χ2v) is 15.3. The molecule has 1 saturated carbocycles. The first-order chi connectivity index (χ1) is 21.6. The Labute approximate surface area is 266 Å². The normalized spacial score (nSPS) is 21.8. The summed E-state index contributed by atoms with van der Waals surface area (Å²) < 4.78 is 29.2. The summed E-state index contributed by atoms with van der Waals surface area (Å²) in [6.45, 7) is 2.03. The van der Waals surface area contributed by atoms with E-state index in [1.807, 2.05) is 17.0 Å². The first-order valence-electron chi connectivity index (χ1n) is 16.1. The summed E-state index contributed by atoms with van der Waals surface area (Å²) in [5.74, 6) is 0.551. The number of fused-ring (bicyclic) bond motifs is 1. The number of nitrogens with one attached hydrogen (secondary N) is 1. The smallest absolute Gasteiger partial charge is 0.253 e. The number of aromatic hydroxyl groups is 1. The van der Waals surface area contributed by atoms with E-state index in [-0.39, 0.29) is 28.9 Å². The van der Waals surface area contributed by atoms with Gasteiger partial charge in [0.2, 0.25) is 0 Å². The van der Waals surface area contributed by atoms with Crippen LogP contribution in [0.2, 0.25) is 0 Å². The summed E-state index contributed by atoms with van der Waals surface area (Å²) >= 11 is 0. The average Bonchev–Trinajstić information content (AvgIpc) is 3.40. The van der Waals surface area contributed by atoms with Gasteiger partial charge in [0.1, 0.15) is 29.1 Å². The molecule has 45 heavy (non-hydrogen) atoms. The van der Waals surface area contributed by atoms with Gasteiger partial charge in [0.05, 0.1) is 0 Å². The molecular formula is C36H44N2O6S. The Hall–Kier alpha value is -3.40. The number of hydrogen-bond acceptors (Lipinski definition) is 7. The predicted molar refractivity (Wildman–Crippen MR) is 174 cm³/mol. The maximum absolute atomic E-state index is 13.3. The number of phenolic OH excluding ortho intramolecular Hbond substituents is 1. The Kier molecular flexibility index (Phi) is 9.22. The zero-order valence-electron chi connectivity index (χ0n) is 26.0. The molecule has 6 rings (SSSR count). The summed E-state index contributed by atoms with van der Waals surface area (Å²) in [6, 6.07) is 21.4. The topological polar surface area (TPSA) is 116 Å². The highest BCUT2D eigenvalue weighted by Gasteiger charge is 2.40. The SMILES string of the molecule is CS(=O)(=O)c1cc(OC[C@H](O)CNC2CCC(c3ccc(C(=O)N4CCC5(CC4)Cc4ccccc4C5)cc3)CC2)ccc1O. The number of aliphatic hydroxyl groups excluding tert-OH is 1. The van der Waals surface area contributed by atoms with Crippen LogP contribution >= 0.6 is 0 Å². The van der Waals surface area contributed by atoms with Crippen LogP contribution in [0.5, 0.6) is 11.5 Å². The lowest BCUT2D eigenvalue weighted by Crippen LogP contribution is -2.43. The number of sulfone groups is 1. The Bertz CT molecular complexity index is 1580. The highest BCUT2D eigenvalue weighted by atomic mass is 32.2. The van der Waals surface area contributed by atoms with E-state index in [1.165, 1.54) is 34.9 Å². The average molecular weight is 633 g/mol. The molecule has 1 saturated heterocycles. The zero-order chi connectivity index (χ0) is 31.6. The monoisotopic (exact) mass is 632 g/mol. The van der Waals surface area contributed by atoms with Crippen molar-refractivity contribution in [2.45, 2.75) is 74.3 Å². The van der Waals surface area contributed by atoms with Gasteiger partial charge in [-0.2, -0.15) is 0 Å². The lowest BCUT2D eigenvalue weighted by atomic mass is 9.76. The number of rotatable bonds is 9. The number of carbonyl (C=O) groups is 1. The molecule has 240 valence electrons. The van der Waals surface area contributed by atoms with Gasteiger partial charge in [-0.1, -0.05) is 36.4 Å². The van der Waals surface area contributed by atoms with Crippen LogP contribution in [0.3, 0.4) is 0 Å². The van der Waals surface area contributed by atoms with Crippen molar-refractivity contribution in [3.8, 4) is 11.5 Å². The molecule has 2 aliphatic carbocycles. The molecule has 0 radical (unpaired) electrons. The Morgan fingerprint density at radius 1 is 0.978 bits per heavy atom. The molecule has 2 fully saturated rings. The van der Waals surface area contributed by atoms with Crippen molar-refractivity contribution >= 4 is 15.7 Å². The van der Waals surface area contributed by atoms with Gasteiger partial charge in [-0.25, -0.2) is 8.42 Å². The number of likely N-dealkylation sites (tertiary alicyclic amines) is 1. The van der Waals surface area contributed by atoms with E-state index in [0.29, 0.717) is 23.9 Å². The van der Waals surface area contributed by atoms with Crippen LogP contribution in [-0.4, -0.2) is 74.1 Å². The summed E-state index contributed by atoms with van der Waals surface area (Å²) in [5, 5.41) is 23.7. The molecule has 1 spiro atoms. The highest BCUT2D eigenvalue weighted by Crippen LogP contribution is 2.44. The van der Waals surface area contributed by atoms with Gasteiger partial charge < -0.3 is 25.2 Å². The quantitative estimate of drug-likeness (QED) is 0.308. The van der Waals surface area contributed by atoms with Gasteiger partial charge in [0.15, 0.2) is 9.84 Å². The molecular weight excluding hydrogens is 588 g/mol. The van der Waals surface area contributed by atoms with Crippen LogP contribution < -0.4 is 10.1 Å². The van der Waals surface area contributed by atoms with Gasteiger partial charge in [-0.15, -0.1) is 0 Å². The number of carbonyl (C=O) groups excluding carboxylic acids is 1. The lowest BCUT2D eigenvalue weighted by molar-refractivity contribution is 0.0593. The van der Waals surface area contributed by atoms with E-state index < -0.39 is 15.9 Å². The van der Waals surface area contributed by atoms with Crippen LogP contribution in [0, 0.1) is 5.41 Å². The highest BCUT2D eigenvalue weighted by molar-refractivity contribution is 7.90. The molecule has 1 amide bonds. The van der Waals surface area contributed by atoms with Crippen LogP contribution in [0.25, 0.3) is 0 Å². The largest absolute Gasteiger partial charge is 0.507 e. The van der Waals surface area contributed by atoms with Crippen molar-refractivity contribution in [1.29, 1.82) is 0 Å². The zero-order valence-corrected chi connectivity index (χ0v) is 26.8. The maximum Gasteiger partial charge on any atom is 0.253 e. The van der Waals surface area contributed by atoms with E-state index in [1.54, 1.807) is 0 Å². The fourth-order valence-corrected chi connectivity index (χ4v) is 8.24. The number of ether oxygens (including phenoxy) is 1. The number of aliphatic hydroxyl groups is 1. The van der Waals surface area contributed by atoms with Crippen molar-refractivity contribution < 1.29 is 28.2 Å². The molecule has 1 atom stereocenters.